The highest BCUT2D eigenvalue weighted by atomic mass is 32.2. The average Bonchev–Trinajstić information content (AvgIpc) is 3.02. The molecule has 0 aliphatic carbocycles. The summed E-state index contributed by atoms with van der Waals surface area (Å²) in [6.07, 6.45) is 1.59. The number of urea groups is 1. The Morgan fingerprint density at radius 1 is 1.52 bits per heavy atom. The van der Waals surface area contributed by atoms with Crippen molar-refractivity contribution in [1.29, 1.82) is 0 Å². The molecule has 1 aliphatic rings. The summed E-state index contributed by atoms with van der Waals surface area (Å²) in [6, 6.07) is 0.299. The van der Waals surface area contributed by atoms with Crippen LogP contribution in [0.2, 0.25) is 0 Å². The minimum atomic E-state index is -3.21. The van der Waals surface area contributed by atoms with E-state index in [9.17, 15) is 18.0 Å². The summed E-state index contributed by atoms with van der Waals surface area (Å²) in [4.78, 5) is 24.0. The van der Waals surface area contributed by atoms with E-state index >= 15 is 0 Å². The molecule has 9 nitrogen and oxygen atoms in total. The molecule has 2 heterocycles. The SMILES string of the molecule is O=C(O)CN(C(=O)NCc1ccon1)C1CCS(=O)(=O)C1. The van der Waals surface area contributed by atoms with Crippen LogP contribution in [0.3, 0.4) is 0 Å². The minimum absolute atomic E-state index is 0.0373. The Morgan fingerprint density at radius 3 is 2.81 bits per heavy atom. The van der Waals surface area contributed by atoms with Gasteiger partial charge in [-0.1, -0.05) is 5.16 Å². The summed E-state index contributed by atoms with van der Waals surface area (Å²) in [7, 11) is -3.21. The first-order valence-corrected chi connectivity index (χ1v) is 8.05. The van der Waals surface area contributed by atoms with Crippen molar-refractivity contribution in [3.05, 3.63) is 18.0 Å². The molecule has 10 heteroatoms. The van der Waals surface area contributed by atoms with Crippen LogP contribution in [-0.2, 0) is 21.2 Å². The second-order valence-corrected chi connectivity index (χ2v) is 6.96. The molecule has 1 saturated heterocycles. The van der Waals surface area contributed by atoms with Crippen molar-refractivity contribution in [2.75, 3.05) is 18.1 Å². The van der Waals surface area contributed by atoms with Gasteiger partial charge in [0.25, 0.3) is 0 Å². The number of nitrogens with zero attached hydrogens (tertiary/aromatic N) is 2. The maximum absolute atomic E-state index is 12.1. The van der Waals surface area contributed by atoms with Crippen LogP contribution < -0.4 is 5.32 Å². The Balaban J connectivity index is 2.01. The summed E-state index contributed by atoms with van der Waals surface area (Å²) in [6.45, 7) is -0.476. The van der Waals surface area contributed by atoms with Crippen LogP contribution in [0.15, 0.2) is 16.9 Å². The lowest BCUT2D eigenvalue weighted by Gasteiger charge is -2.26. The van der Waals surface area contributed by atoms with E-state index in [1.807, 2.05) is 0 Å². The molecule has 2 rings (SSSR count). The highest BCUT2D eigenvalue weighted by molar-refractivity contribution is 7.91. The largest absolute Gasteiger partial charge is 0.480 e. The van der Waals surface area contributed by atoms with Crippen molar-refractivity contribution in [3.8, 4) is 0 Å². The highest BCUT2D eigenvalue weighted by Crippen LogP contribution is 2.17. The fraction of sp³-hybridized carbons (Fsp3) is 0.545. The Morgan fingerprint density at radius 2 is 2.29 bits per heavy atom. The zero-order chi connectivity index (χ0) is 15.5. The van der Waals surface area contributed by atoms with Crippen LogP contribution in [0.1, 0.15) is 12.1 Å². The van der Waals surface area contributed by atoms with E-state index in [1.165, 1.54) is 6.26 Å². The third kappa shape index (κ3) is 4.18. The van der Waals surface area contributed by atoms with Crippen molar-refractivity contribution in [2.24, 2.45) is 0 Å². The highest BCUT2D eigenvalue weighted by Gasteiger charge is 2.35. The third-order valence-electron chi connectivity index (χ3n) is 3.13. The number of carboxylic acid groups (broad SMARTS) is 1. The summed E-state index contributed by atoms with van der Waals surface area (Å²) in [5, 5.41) is 15.0. The van der Waals surface area contributed by atoms with Crippen molar-refractivity contribution in [3.63, 3.8) is 0 Å². The Bertz CT molecular complexity index is 612. The van der Waals surface area contributed by atoms with Crippen LogP contribution in [0, 0.1) is 0 Å². The molecule has 1 aliphatic heterocycles. The van der Waals surface area contributed by atoms with Crippen molar-refractivity contribution in [2.45, 2.75) is 19.0 Å². The molecule has 0 spiro atoms. The summed E-state index contributed by atoms with van der Waals surface area (Å²) in [5.74, 6) is -1.45. The Kier molecular flexibility index (Phi) is 4.46. The molecule has 0 aromatic carbocycles. The van der Waals surface area contributed by atoms with Gasteiger partial charge in [0, 0.05) is 12.1 Å². The molecular weight excluding hydrogens is 302 g/mol. The molecule has 1 unspecified atom stereocenters. The number of aliphatic carboxylic acids is 1. The first-order chi connectivity index (χ1) is 9.87. The predicted molar refractivity (Wildman–Crippen MR) is 70.1 cm³/mol. The lowest BCUT2D eigenvalue weighted by molar-refractivity contribution is -0.138. The van der Waals surface area contributed by atoms with Gasteiger partial charge in [-0.05, 0) is 6.42 Å². The van der Waals surface area contributed by atoms with Gasteiger partial charge in [-0.3, -0.25) is 4.79 Å². The van der Waals surface area contributed by atoms with Crippen LogP contribution in [0.5, 0.6) is 0 Å². The molecule has 1 aromatic rings. The molecule has 2 amide bonds. The molecule has 1 aromatic heterocycles. The second-order valence-electron chi connectivity index (χ2n) is 4.73. The number of carboxylic acids is 1. The number of sulfone groups is 1. The minimum Gasteiger partial charge on any atom is -0.480 e. The van der Waals surface area contributed by atoms with Gasteiger partial charge in [-0.15, -0.1) is 0 Å². The van der Waals surface area contributed by atoms with Gasteiger partial charge >= 0.3 is 12.0 Å². The quantitative estimate of drug-likeness (QED) is 0.745. The van der Waals surface area contributed by atoms with Gasteiger partial charge in [0.1, 0.15) is 18.5 Å². The topological polar surface area (TPSA) is 130 Å². The number of amides is 2. The molecule has 0 saturated carbocycles. The van der Waals surface area contributed by atoms with Crippen LogP contribution in [0.4, 0.5) is 4.79 Å². The van der Waals surface area contributed by atoms with Crippen LogP contribution >= 0.6 is 0 Å². The van der Waals surface area contributed by atoms with E-state index < -0.39 is 34.4 Å². The van der Waals surface area contributed by atoms with E-state index in [2.05, 4.69) is 15.0 Å². The first kappa shape index (κ1) is 15.3. The molecule has 21 heavy (non-hydrogen) atoms. The number of carbonyl (C=O) groups excluding carboxylic acids is 1. The Hall–Kier alpha value is -2.10. The van der Waals surface area contributed by atoms with Gasteiger partial charge in [-0.25, -0.2) is 13.2 Å². The van der Waals surface area contributed by atoms with Gasteiger partial charge in [0.2, 0.25) is 0 Å². The van der Waals surface area contributed by atoms with E-state index in [-0.39, 0.29) is 24.5 Å². The van der Waals surface area contributed by atoms with Crippen molar-refractivity contribution in [1.82, 2.24) is 15.4 Å². The number of hydrogen-bond donors (Lipinski definition) is 2. The molecular formula is C11H15N3O6S. The number of carbonyl (C=O) groups is 2. The Labute approximate surface area is 120 Å². The molecule has 0 bridgehead atoms. The van der Waals surface area contributed by atoms with Crippen LogP contribution in [0.25, 0.3) is 0 Å². The predicted octanol–water partition coefficient (Wildman–Crippen LogP) is -0.542. The van der Waals surface area contributed by atoms with E-state index in [0.717, 1.165) is 4.90 Å². The summed E-state index contributed by atoms with van der Waals surface area (Å²) < 4.78 is 27.6. The summed E-state index contributed by atoms with van der Waals surface area (Å²) in [5.41, 5.74) is 0.484. The lowest BCUT2D eigenvalue weighted by atomic mass is 10.2. The standard InChI is InChI=1S/C11H15N3O6S/c15-10(16)6-14(9-2-4-21(18,19)7-9)11(17)12-5-8-1-3-20-13-8/h1,3,9H,2,4-7H2,(H,12,17)(H,15,16). The average molecular weight is 317 g/mol. The smallest absolute Gasteiger partial charge is 0.323 e. The maximum atomic E-state index is 12.1. The zero-order valence-corrected chi connectivity index (χ0v) is 11.9. The molecule has 1 fully saturated rings. The number of rotatable bonds is 5. The maximum Gasteiger partial charge on any atom is 0.323 e. The second kappa shape index (κ2) is 6.12. The van der Waals surface area contributed by atoms with Gasteiger partial charge in [-0.2, -0.15) is 0 Å². The number of nitrogens with one attached hydrogen (secondary N) is 1. The fourth-order valence-electron chi connectivity index (χ4n) is 2.13. The van der Waals surface area contributed by atoms with Gasteiger partial charge in [0.05, 0.1) is 18.1 Å². The van der Waals surface area contributed by atoms with Crippen LogP contribution in [-0.4, -0.2) is 59.7 Å². The molecule has 116 valence electrons. The lowest BCUT2D eigenvalue weighted by Crippen LogP contribution is -2.48. The van der Waals surface area contributed by atoms with E-state index in [4.69, 9.17) is 5.11 Å². The van der Waals surface area contributed by atoms with E-state index in [0.29, 0.717) is 5.69 Å². The van der Waals surface area contributed by atoms with Gasteiger partial charge in [0.15, 0.2) is 9.84 Å². The number of hydrogen-bond acceptors (Lipinski definition) is 6. The number of aromatic nitrogens is 1. The normalized spacial score (nSPS) is 20.1. The summed E-state index contributed by atoms with van der Waals surface area (Å²) >= 11 is 0. The van der Waals surface area contributed by atoms with Crippen molar-refractivity contribution < 1.29 is 27.6 Å². The first-order valence-electron chi connectivity index (χ1n) is 6.23. The van der Waals surface area contributed by atoms with Crippen molar-refractivity contribution >= 4 is 21.8 Å². The fourth-order valence-corrected chi connectivity index (χ4v) is 3.86. The molecule has 1 atom stereocenters. The monoisotopic (exact) mass is 317 g/mol. The molecule has 0 radical (unpaired) electrons. The van der Waals surface area contributed by atoms with Gasteiger partial charge < -0.3 is 19.8 Å². The zero-order valence-electron chi connectivity index (χ0n) is 11.1. The third-order valence-corrected chi connectivity index (χ3v) is 4.88. The van der Waals surface area contributed by atoms with E-state index in [1.54, 1.807) is 6.07 Å². The molecule has 2 N–H and O–H groups in total.